The fourth-order valence-corrected chi connectivity index (χ4v) is 2.17. The normalized spacial score (nSPS) is 15.2. The number of nitro benzene ring substituents is 1. The minimum atomic E-state index is -0.448. The topological polar surface area (TPSA) is 75.5 Å². The summed E-state index contributed by atoms with van der Waals surface area (Å²) in [6, 6.07) is 4.65. The fourth-order valence-electron chi connectivity index (χ4n) is 2.17. The van der Waals surface area contributed by atoms with E-state index in [1.807, 2.05) is 0 Å². The van der Waals surface area contributed by atoms with E-state index in [0.717, 1.165) is 19.5 Å². The van der Waals surface area contributed by atoms with Crippen LogP contribution in [0.3, 0.4) is 0 Å². The second-order valence-electron chi connectivity index (χ2n) is 4.65. The molecule has 110 valence electrons. The summed E-state index contributed by atoms with van der Waals surface area (Å²) in [6.07, 6.45) is 0.902. The van der Waals surface area contributed by atoms with Gasteiger partial charge in [-0.1, -0.05) is 6.07 Å². The number of rotatable bonds is 2. The zero-order valence-electron chi connectivity index (χ0n) is 11.3. The van der Waals surface area contributed by atoms with Gasteiger partial charge in [0.1, 0.15) is 0 Å². The third-order valence-electron chi connectivity index (χ3n) is 3.28. The molecule has 2 rings (SSSR count). The van der Waals surface area contributed by atoms with Crippen molar-refractivity contribution in [1.29, 1.82) is 0 Å². The summed E-state index contributed by atoms with van der Waals surface area (Å²) in [6.45, 7) is 4.66. The molecule has 1 aromatic carbocycles. The second-order valence-corrected chi connectivity index (χ2v) is 4.65. The molecule has 6 nitrogen and oxygen atoms in total. The van der Waals surface area contributed by atoms with Gasteiger partial charge in [0.25, 0.3) is 11.6 Å². The number of nitrogens with one attached hydrogen (secondary N) is 1. The first-order valence-corrected chi connectivity index (χ1v) is 6.34. The van der Waals surface area contributed by atoms with Crippen LogP contribution in [0.4, 0.5) is 5.69 Å². The van der Waals surface area contributed by atoms with Crippen LogP contribution in [-0.4, -0.2) is 41.9 Å². The molecule has 7 heteroatoms. The van der Waals surface area contributed by atoms with Crippen molar-refractivity contribution in [3.63, 3.8) is 0 Å². The SMILES string of the molecule is Cc1ccc(C(=O)N2CCCNCC2)cc1[N+](=O)[O-].Cl. The van der Waals surface area contributed by atoms with Crippen LogP contribution in [0.1, 0.15) is 22.3 Å². The molecule has 0 atom stereocenters. The van der Waals surface area contributed by atoms with Crippen LogP contribution in [0.2, 0.25) is 0 Å². The molecule has 1 N–H and O–H groups in total. The average Bonchev–Trinajstić information content (AvgIpc) is 2.67. The molecule has 1 aromatic rings. The van der Waals surface area contributed by atoms with Gasteiger partial charge in [0.2, 0.25) is 0 Å². The van der Waals surface area contributed by atoms with Crippen molar-refractivity contribution in [3.05, 3.63) is 39.4 Å². The first-order valence-electron chi connectivity index (χ1n) is 6.34. The molecule has 0 spiro atoms. The van der Waals surface area contributed by atoms with Crippen molar-refractivity contribution >= 4 is 24.0 Å². The Kier molecular flexibility index (Phi) is 5.91. The van der Waals surface area contributed by atoms with E-state index in [1.54, 1.807) is 24.0 Å². The van der Waals surface area contributed by atoms with E-state index in [4.69, 9.17) is 0 Å². The van der Waals surface area contributed by atoms with Crippen LogP contribution in [0, 0.1) is 17.0 Å². The van der Waals surface area contributed by atoms with Gasteiger partial charge >= 0.3 is 0 Å². The highest BCUT2D eigenvalue weighted by molar-refractivity contribution is 5.95. The molecule has 1 aliphatic heterocycles. The highest BCUT2D eigenvalue weighted by Gasteiger charge is 2.20. The lowest BCUT2D eigenvalue weighted by Crippen LogP contribution is -2.34. The molecular weight excluding hydrogens is 282 g/mol. The molecule has 1 heterocycles. The van der Waals surface area contributed by atoms with Crippen LogP contribution < -0.4 is 5.32 Å². The van der Waals surface area contributed by atoms with Gasteiger partial charge in [-0.25, -0.2) is 0 Å². The predicted octanol–water partition coefficient (Wildman–Crippen LogP) is 1.76. The molecule has 1 saturated heterocycles. The van der Waals surface area contributed by atoms with E-state index < -0.39 is 4.92 Å². The van der Waals surface area contributed by atoms with Crippen molar-refractivity contribution < 1.29 is 9.72 Å². The van der Waals surface area contributed by atoms with E-state index in [1.165, 1.54) is 6.07 Å². The Morgan fingerprint density at radius 3 is 2.80 bits per heavy atom. The lowest BCUT2D eigenvalue weighted by molar-refractivity contribution is -0.385. The number of aryl methyl sites for hydroxylation is 1. The van der Waals surface area contributed by atoms with Gasteiger partial charge in [0.15, 0.2) is 0 Å². The van der Waals surface area contributed by atoms with Crippen LogP contribution in [0.15, 0.2) is 18.2 Å². The summed E-state index contributed by atoms with van der Waals surface area (Å²) in [4.78, 5) is 24.5. The van der Waals surface area contributed by atoms with E-state index >= 15 is 0 Å². The predicted molar refractivity (Wildman–Crippen MR) is 78.5 cm³/mol. The molecular formula is C13H18ClN3O3. The van der Waals surface area contributed by atoms with Gasteiger partial charge in [-0.3, -0.25) is 14.9 Å². The van der Waals surface area contributed by atoms with E-state index in [-0.39, 0.29) is 24.0 Å². The number of carbonyl (C=O) groups is 1. The maximum absolute atomic E-state index is 12.3. The molecule has 20 heavy (non-hydrogen) atoms. The Morgan fingerprint density at radius 1 is 1.35 bits per heavy atom. The number of amides is 1. The molecule has 0 aromatic heterocycles. The van der Waals surface area contributed by atoms with Crippen LogP contribution >= 0.6 is 12.4 Å². The number of hydrogen-bond donors (Lipinski definition) is 1. The van der Waals surface area contributed by atoms with Crippen molar-refractivity contribution in [1.82, 2.24) is 10.2 Å². The minimum Gasteiger partial charge on any atom is -0.337 e. The summed E-state index contributed by atoms with van der Waals surface area (Å²) in [5, 5.41) is 14.1. The van der Waals surface area contributed by atoms with Crippen molar-refractivity contribution in [3.8, 4) is 0 Å². The molecule has 1 fully saturated rings. The lowest BCUT2D eigenvalue weighted by Gasteiger charge is -2.19. The Bertz CT molecular complexity index is 500. The Morgan fingerprint density at radius 2 is 2.10 bits per heavy atom. The van der Waals surface area contributed by atoms with Crippen LogP contribution in [0.5, 0.6) is 0 Å². The first-order chi connectivity index (χ1) is 9.09. The standard InChI is InChI=1S/C13H17N3O3.ClH/c1-10-3-4-11(9-12(10)16(18)19)13(17)15-7-2-5-14-6-8-15;/h3-4,9,14H,2,5-8H2,1H3;1H. The monoisotopic (exact) mass is 299 g/mol. The fraction of sp³-hybridized carbons (Fsp3) is 0.462. The second kappa shape index (κ2) is 7.21. The summed E-state index contributed by atoms with van der Waals surface area (Å²) in [7, 11) is 0. The van der Waals surface area contributed by atoms with Gasteiger partial charge in [0, 0.05) is 36.8 Å². The van der Waals surface area contributed by atoms with E-state index in [0.29, 0.717) is 24.2 Å². The van der Waals surface area contributed by atoms with Gasteiger partial charge < -0.3 is 10.2 Å². The minimum absolute atomic E-state index is 0. The van der Waals surface area contributed by atoms with Crippen LogP contribution in [0.25, 0.3) is 0 Å². The molecule has 0 radical (unpaired) electrons. The summed E-state index contributed by atoms with van der Waals surface area (Å²) >= 11 is 0. The largest absolute Gasteiger partial charge is 0.337 e. The smallest absolute Gasteiger partial charge is 0.273 e. The average molecular weight is 300 g/mol. The van der Waals surface area contributed by atoms with Gasteiger partial charge in [0.05, 0.1) is 4.92 Å². The highest BCUT2D eigenvalue weighted by atomic mass is 35.5. The van der Waals surface area contributed by atoms with Crippen molar-refractivity contribution in [2.24, 2.45) is 0 Å². The number of benzene rings is 1. The Hall–Kier alpha value is -1.66. The maximum atomic E-state index is 12.3. The third kappa shape index (κ3) is 3.68. The summed E-state index contributed by atoms with van der Waals surface area (Å²) in [5.74, 6) is -0.133. The number of halogens is 1. The van der Waals surface area contributed by atoms with Crippen molar-refractivity contribution in [2.45, 2.75) is 13.3 Å². The zero-order chi connectivity index (χ0) is 13.8. The van der Waals surface area contributed by atoms with E-state index in [9.17, 15) is 14.9 Å². The molecule has 0 unspecified atom stereocenters. The molecule has 1 amide bonds. The molecule has 0 bridgehead atoms. The quantitative estimate of drug-likeness (QED) is 0.667. The van der Waals surface area contributed by atoms with Crippen LogP contribution in [-0.2, 0) is 0 Å². The van der Waals surface area contributed by atoms with E-state index in [2.05, 4.69) is 5.32 Å². The number of hydrogen-bond acceptors (Lipinski definition) is 4. The number of nitrogens with zero attached hydrogens (tertiary/aromatic N) is 2. The Balaban J connectivity index is 0.00000200. The molecule has 0 saturated carbocycles. The number of carbonyl (C=O) groups excluding carboxylic acids is 1. The maximum Gasteiger partial charge on any atom is 0.273 e. The van der Waals surface area contributed by atoms with Gasteiger partial charge in [-0.2, -0.15) is 0 Å². The summed E-state index contributed by atoms with van der Waals surface area (Å²) < 4.78 is 0. The summed E-state index contributed by atoms with van der Waals surface area (Å²) in [5.41, 5.74) is 0.956. The molecule has 1 aliphatic rings. The first kappa shape index (κ1) is 16.4. The number of nitro groups is 1. The van der Waals surface area contributed by atoms with Crippen molar-refractivity contribution in [2.75, 3.05) is 26.2 Å². The van der Waals surface area contributed by atoms with Gasteiger partial charge in [-0.15, -0.1) is 12.4 Å². The third-order valence-corrected chi connectivity index (χ3v) is 3.28. The lowest BCUT2D eigenvalue weighted by atomic mass is 10.1. The zero-order valence-corrected chi connectivity index (χ0v) is 12.1. The highest BCUT2D eigenvalue weighted by Crippen LogP contribution is 2.20. The Labute approximate surface area is 123 Å². The van der Waals surface area contributed by atoms with Gasteiger partial charge in [-0.05, 0) is 26.0 Å². The molecule has 0 aliphatic carbocycles.